The number of carbonyl (C=O) groups is 1. The summed E-state index contributed by atoms with van der Waals surface area (Å²) in [4.78, 5) is 12.7. The van der Waals surface area contributed by atoms with Gasteiger partial charge in [-0.1, -0.05) is 18.2 Å². The van der Waals surface area contributed by atoms with Crippen LogP contribution in [0.1, 0.15) is 21.0 Å². The van der Waals surface area contributed by atoms with Gasteiger partial charge in [0.05, 0.1) is 17.7 Å². The molecule has 2 aromatic heterocycles. The number of amides is 1. The quantitative estimate of drug-likeness (QED) is 0.752. The Balaban J connectivity index is 1.53. The molecule has 2 heterocycles. The maximum Gasteiger partial charge on any atom is 0.261 e. The first kappa shape index (κ1) is 14.4. The fourth-order valence-corrected chi connectivity index (χ4v) is 2.73. The summed E-state index contributed by atoms with van der Waals surface area (Å²) < 4.78 is 10.8. The van der Waals surface area contributed by atoms with Crippen LogP contribution < -0.4 is 10.1 Å². The fourth-order valence-electron chi connectivity index (χ4n) is 1.92. The maximum atomic E-state index is 12.0. The number of furan rings is 1. The predicted octanol–water partition coefficient (Wildman–Crippen LogP) is 3.85. The van der Waals surface area contributed by atoms with Gasteiger partial charge >= 0.3 is 0 Å². The zero-order valence-electron chi connectivity index (χ0n) is 11.8. The van der Waals surface area contributed by atoms with Crippen molar-refractivity contribution in [1.82, 2.24) is 5.32 Å². The lowest BCUT2D eigenvalue weighted by atomic mass is 10.3. The second-order valence-electron chi connectivity index (χ2n) is 4.68. The van der Waals surface area contributed by atoms with Crippen LogP contribution in [0.5, 0.6) is 5.75 Å². The molecule has 1 amide bonds. The molecule has 0 saturated carbocycles. The lowest BCUT2D eigenvalue weighted by molar-refractivity contribution is 0.0952. The van der Waals surface area contributed by atoms with Gasteiger partial charge in [0.25, 0.3) is 5.91 Å². The third-order valence-corrected chi connectivity index (χ3v) is 4.01. The standard InChI is InChI=1S/C17H15NO3S/c19-17(18-10-15-7-4-8-20-15)16-9-13(12-22-16)11-21-14-5-2-1-3-6-14/h1-9,12H,10-11H2,(H,18,19). The number of ether oxygens (including phenoxy) is 1. The molecule has 0 aliphatic carbocycles. The van der Waals surface area contributed by atoms with E-state index in [1.807, 2.05) is 47.8 Å². The Morgan fingerprint density at radius 3 is 2.82 bits per heavy atom. The van der Waals surface area contributed by atoms with E-state index in [4.69, 9.17) is 9.15 Å². The van der Waals surface area contributed by atoms with Crippen LogP contribution in [0.3, 0.4) is 0 Å². The number of benzene rings is 1. The third-order valence-electron chi connectivity index (χ3n) is 3.03. The van der Waals surface area contributed by atoms with E-state index >= 15 is 0 Å². The van der Waals surface area contributed by atoms with Crippen molar-refractivity contribution >= 4 is 17.2 Å². The number of para-hydroxylation sites is 1. The van der Waals surface area contributed by atoms with Gasteiger partial charge in [0.1, 0.15) is 18.1 Å². The third kappa shape index (κ3) is 3.77. The Morgan fingerprint density at radius 1 is 1.18 bits per heavy atom. The second-order valence-corrected chi connectivity index (χ2v) is 5.59. The summed E-state index contributed by atoms with van der Waals surface area (Å²) in [6.45, 7) is 0.839. The smallest absolute Gasteiger partial charge is 0.261 e. The Bertz CT molecular complexity index is 719. The molecule has 3 aromatic rings. The highest BCUT2D eigenvalue weighted by atomic mass is 32.1. The van der Waals surface area contributed by atoms with E-state index < -0.39 is 0 Å². The molecule has 0 radical (unpaired) electrons. The average Bonchev–Trinajstić information content (AvgIpc) is 3.23. The van der Waals surface area contributed by atoms with Crippen LogP contribution in [0.4, 0.5) is 0 Å². The minimum atomic E-state index is -0.104. The Hall–Kier alpha value is -2.53. The minimum Gasteiger partial charge on any atom is -0.489 e. The highest BCUT2D eigenvalue weighted by molar-refractivity contribution is 7.12. The topological polar surface area (TPSA) is 51.5 Å². The molecule has 1 aromatic carbocycles. The molecule has 1 N–H and O–H groups in total. The summed E-state index contributed by atoms with van der Waals surface area (Å²) in [5.74, 6) is 1.45. The van der Waals surface area contributed by atoms with Crippen molar-refractivity contribution in [3.8, 4) is 5.75 Å². The summed E-state index contributed by atoms with van der Waals surface area (Å²) in [6, 6.07) is 15.1. The number of carbonyl (C=O) groups excluding carboxylic acids is 1. The van der Waals surface area contributed by atoms with Crippen LogP contribution in [0.15, 0.2) is 64.6 Å². The van der Waals surface area contributed by atoms with E-state index in [1.54, 1.807) is 12.3 Å². The van der Waals surface area contributed by atoms with Gasteiger partial charge in [-0.15, -0.1) is 11.3 Å². The molecular weight excluding hydrogens is 298 g/mol. The van der Waals surface area contributed by atoms with Crippen LogP contribution in [0, 0.1) is 0 Å². The number of rotatable bonds is 6. The van der Waals surface area contributed by atoms with Gasteiger partial charge in [0, 0.05) is 5.56 Å². The van der Waals surface area contributed by atoms with Crippen LogP contribution in [-0.4, -0.2) is 5.91 Å². The van der Waals surface area contributed by atoms with E-state index in [0.29, 0.717) is 18.0 Å². The van der Waals surface area contributed by atoms with Gasteiger partial charge in [-0.05, 0) is 35.7 Å². The summed E-state index contributed by atoms with van der Waals surface area (Å²) in [6.07, 6.45) is 1.59. The van der Waals surface area contributed by atoms with Crippen molar-refractivity contribution in [3.63, 3.8) is 0 Å². The summed E-state index contributed by atoms with van der Waals surface area (Å²) in [5, 5.41) is 4.76. The van der Waals surface area contributed by atoms with Gasteiger partial charge in [-0.2, -0.15) is 0 Å². The molecule has 0 saturated heterocycles. The molecule has 3 rings (SSSR count). The number of thiophene rings is 1. The molecular formula is C17H15NO3S. The van der Waals surface area contributed by atoms with E-state index in [0.717, 1.165) is 17.1 Å². The van der Waals surface area contributed by atoms with Crippen molar-refractivity contribution in [2.45, 2.75) is 13.2 Å². The van der Waals surface area contributed by atoms with Gasteiger partial charge in [0.15, 0.2) is 0 Å². The first-order valence-corrected chi connectivity index (χ1v) is 7.75. The molecule has 0 spiro atoms. The molecule has 0 fully saturated rings. The van der Waals surface area contributed by atoms with Gasteiger partial charge in [-0.25, -0.2) is 0 Å². The molecule has 22 heavy (non-hydrogen) atoms. The van der Waals surface area contributed by atoms with E-state index in [2.05, 4.69) is 5.32 Å². The summed E-state index contributed by atoms with van der Waals surface area (Å²) >= 11 is 1.41. The number of nitrogens with one attached hydrogen (secondary N) is 1. The minimum absolute atomic E-state index is 0.104. The highest BCUT2D eigenvalue weighted by Crippen LogP contribution is 2.17. The summed E-state index contributed by atoms with van der Waals surface area (Å²) in [5.41, 5.74) is 0.983. The monoisotopic (exact) mass is 313 g/mol. The molecule has 112 valence electrons. The first-order chi connectivity index (χ1) is 10.8. The molecule has 0 unspecified atom stereocenters. The number of hydrogen-bond acceptors (Lipinski definition) is 4. The van der Waals surface area contributed by atoms with Crippen molar-refractivity contribution in [3.05, 3.63) is 76.4 Å². The van der Waals surface area contributed by atoms with Crippen LogP contribution in [-0.2, 0) is 13.2 Å². The lowest BCUT2D eigenvalue weighted by Gasteiger charge is -2.03. The zero-order chi connectivity index (χ0) is 15.2. The molecule has 0 aliphatic rings. The Labute approximate surface area is 132 Å². The van der Waals surface area contributed by atoms with Gasteiger partial charge < -0.3 is 14.5 Å². The molecule has 4 nitrogen and oxygen atoms in total. The van der Waals surface area contributed by atoms with Gasteiger partial charge in [0.2, 0.25) is 0 Å². The SMILES string of the molecule is O=C(NCc1ccco1)c1cc(COc2ccccc2)cs1. The average molecular weight is 313 g/mol. The first-order valence-electron chi connectivity index (χ1n) is 6.87. The number of hydrogen-bond donors (Lipinski definition) is 1. The molecule has 0 atom stereocenters. The summed E-state index contributed by atoms with van der Waals surface area (Å²) in [7, 11) is 0. The highest BCUT2D eigenvalue weighted by Gasteiger charge is 2.10. The van der Waals surface area contributed by atoms with Crippen molar-refractivity contribution in [2.75, 3.05) is 0 Å². The lowest BCUT2D eigenvalue weighted by Crippen LogP contribution is -2.21. The van der Waals surface area contributed by atoms with Crippen LogP contribution in [0.25, 0.3) is 0 Å². The Morgan fingerprint density at radius 2 is 2.05 bits per heavy atom. The second kappa shape index (κ2) is 6.95. The van der Waals surface area contributed by atoms with E-state index in [1.165, 1.54) is 11.3 Å². The molecule has 0 aliphatic heterocycles. The van der Waals surface area contributed by atoms with Crippen molar-refractivity contribution in [1.29, 1.82) is 0 Å². The van der Waals surface area contributed by atoms with Crippen LogP contribution >= 0.6 is 11.3 Å². The molecule has 0 bridgehead atoms. The fraction of sp³-hybridized carbons (Fsp3) is 0.118. The van der Waals surface area contributed by atoms with E-state index in [9.17, 15) is 4.79 Å². The zero-order valence-corrected chi connectivity index (χ0v) is 12.6. The van der Waals surface area contributed by atoms with Crippen molar-refractivity contribution in [2.24, 2.45) is 0 Å². The Kier molecular flexibility index (Phi) is 4.56. The van der Waals surface area contributed by atoms with Crippen LogP contribution in [0.2, 0.25) is 0 Å². The maximum absolute atomic E-state index is 12.0. The van der Waals surface area contributed by atoms with Gasteiger partial charge in [-0.3, -0.25) is 4.79 Å². The predicted molar refractivity (Wildman–Crippen MR) is 85.0 cm³/mol. The largest absolute Gasteiger partial charge is 0.489 e. The van der Waals surface area contributed by atoms with Crippen molar-refractivity contribution < 1.29 is 13.9 Å². The molecule has 5 heteroatoms. The normalized spacial score (nSPS) is 10.4. The van der Waals surface area contributed by atoms with E-state index in [-0.39, 0.29) is 5.91 Å².